The van der Waals surface area contributed by atoms with Gasteiger partial charge in [0.1, 0.15) is 69.0 Å². The quantitative estimate of drug-likeness (QED) is 0.0764. The molecule has 0 unspecified atom stereocenters. The Balaban J connectivity index is 0.000000402. The van der Waals surface area contributed by atoms with E-state index in [1.54, 1.807) is 183 Å². The molecule has 14 heteroatoms. The second kappa shape index (κ2) is 46.1. The van der Waals surface area contributed by atoms with Gasteiger partial charge in [0.2, 0.25) is 0 Å². The first kappa shape index (κ1) is 89.4. The molecule has 0 aliphatic carbocycles. The highest BCUT2D eigenvalue weighted by molar-refractivity contribution is 5.95. The maximum atomic E-state index is 9.51. The van der Waals surface area contributed by atoms with Crippen molar-refractivity contribution in [1.82, 2.24) is 0 Å². The Labute approximate surface area is 621 Å². The van der Waals surface area contributed by atoms with E-state index in [-0.39, 0.29) is 69.2 Å². The summed E-state index contributed by atoms with van der Waals surface area (Å²) in [7, 11) is 1.55. The molecule has 105 heavy (non-hydrogen) atoms. The standard InChI is InChI=1S/C13H14O.C11H16O.4C10H8O2.C10H14O2.C9H12O2.4C2H6/c1-9(2)10-3-4-12-8-13(14)6-5-11(12)7-10;1-7(2)10-5-8(3)11(12)9(4)6-10;4*11-9-5-1-3-7-8(9)4-2-6-10(7)12;1-7(2)8-4-5-9(11)10(6-8)12-3;1-6(2)8-4-3-7(10)5-9(8)11;4*1-2/h3-9,14H,1-2H3;5-7,12H,1-4H3;4*1-6,11-12H;4-7,11H,1-3H3;3-6,10-11H,1-2H3;4*1-2H3. The number of rotatable bonds is 5. The second-order valence-electron chi connectivity index (χ2n) is 24.2. The monoisotopic (exact) mass is 1430 g/mol. The van der Waals surface area contributed by atoms with Crippen molar-refractivity contribution in [2.45, 2.75) is 148 Å². The van der Waals surface area contributed by atoms with E-state index in [4.69, 9.17) is 9.84 Å². The molecular weight excluding hydrogens is 1320 g/mol. The molecule has 13 N–H and O–H groups in total. The first-order chi connectivity index (χ1) is 50.1. The van der Waals surface area contributed by atoms with E-state index in [1.165, 1.54) is 28.1 Å². The fourth-order valence-corrected chi connectivity index (χ4v) is 10.1. The van der Waals surface area contributed by atoms with E-state index in [1.807, 2.05) is 113 Å². The number of hydrogen-bond donors (Lipinski definition) is 13. The largest absolute Gasteiger partial charge is 0.508 e. The lowest BCUT2D eigenvalue weighted by atomic mass is 9.98. The van der Waals surface area contributed by atoms with Gasteiger partial charge in [-0.2, -0.15) is 0 Å². The van der Waals surface area contributed by atoms with Crippen LogP contribution in [0.5, 0.6) is 80.5 Å². The zero-order chi connectivity index (χ0) is 79.2. The SMILES string of the molecule is CC.CC.CC.CC.CC(C)c1ccc(O)cc1O.CC(C)c1ccc2cc(O)ccc2c1.COc1cc(C(C)C)ccc1O.Cc1cc(C(C)C)cc(C)c1O.Oc1cccc2c(O)cccc12.Oc1cccc2c(O)cccc12.Oc1cccc2c(O)cccc12.Oc1cccc2c(O)cccc12. The smallest absolute Gasteiger partial charge is 0.160 e. The minimum absolute atomic E-state index is 0.104. The van der Waals surface area contributed by atoms with Gasteiger partial charge in [-0.05, 0) is 161 Å². The van der Waals surface area contributed by atoms with Crippen LogP contribution in [0.1, 0.15) is 168 Å². The van der Waals surface area contributed by atoms with Crippen LogP contribution >= 0.6 is 0 Å². The number of aromatic hydroxyl groups is 13. The molecule has 0 aliphatic heterocycles. The third-order valence-electron chi connectivity index (χ3n) is 15.7. The predicted molar refractivity (Wildman–Crippen MR) is 438 cm³/mol. The lowest BCUT2D eigenvalue weighted by molar-refractivity contribution is 0.372. The van der Waals surface area contributed by atoms with Crippen LogP contribution in [0.15, 0.2) is 231 Å². The van der Waals surface area contributed by atoms with Gasteiger partial charge < -0.3 is 71.1 Å². The normalized spacial score (nSPS) is 9.93. The van der Waals surface area contributed by atoms with Crippen LogP contribution < -0.4 is 4.74 Å². The van der Waals surface area contributed by atoms with E-state index in [0.29, 0.717) is 78.1 Å². The predicted octanol–water partition coefficient (Wildman–Crippen LogP) is 24.7. The second-order valence-corrected chi connectivity index (χ2v) is 24.2. The zero-order valence-corrected chi connectivity index (χ0v) is 64.5. The van der Waals surface area contributed by atoms with Crippen LogP contribution in [0, 0.1) is 13.8 Å². The number of benzene rings is 13. The van der Waals surface area contributed by atoms with Crippen LogP contribution in [0.3, 0.4) is 0 Å². The molecule has 0 aromatic heterocycles. The molecule has 13 aromatic carbocycles. The lowest BCUT2D eigenvalue weighted by Crippen LogP contribution is -1.90. The molecule has 0 aliphatic rings. The number of ether oxygens (including phenoxy) is 1. The molecule has 14 nitrogen and oxygen atoms in total. The first-order valence-electron chi connectivity index (χ1n) is 35.6. The molecule has 0 bridgehead atoms. The summed E-state index contributed by atoms with van der Waals surface area (Å²) in [4.78, 5) is 0. The van der Waals surface area contributed by atoms with Crippen molar-refractivity contribution in [3.8, 4) is 80.5 Å². The molecule has 0 amide bonds. The molecule has 0 heterocycles. The summed E-state index contributed by atoms with van der Waals surface area (Å²) in [6.45, 7) is 36.7. The Morgan fingerprint density at radius 2 is 0.505 bits per heavy atom. The van der Waals surface area contributed by atoms with Gasteiger partial charge in [-0.1, -0.05) is 256 Å². The molecule has 13 aromatic rings. The Morgan fingerprint density at radius 1 is 0.238 bits per heavy atom. The Bertz CT molecular complexity index is 4210. The average Bonchev–Trinajstić information content (AvgIpc) is 0.838. The van der Waals surface area contributed by atoms with Crippen molar-refractivity contribution in [1.29, 1.82) is 0 Å². The van der Waals surface area contributed by atoms with Gasteiger partial charge >= 0.3 is 0 Å². The van der Waals surface area contributed by atoms with Crippen LogP contribution in [0.2, 0.25) is 0 Å². The minimum Gasteiger partial charge on any atom is -0.508 e. The van der Waals surface area contributed by atoms with E-state index in [9.17, 15) is 61.3 Å². The number of phenolic OH excluding ortho intramolecular Hbond substituents is 13. The summed E-state index contributed by atoms with van der Waals surface area (Å²) in [6, 6.07) is 66.6. The highest BCUT2D eigenvalue weighted by atomic mass is 16.5. The molecule has 560 valence electrons. The van der Waals surface area contributed by atoms with Crippen molar-refractivity contribution in [2.75, 3.05) is 7.11 Å². The number of fused-ring (bicyclic) bond motifs is 5. The van der Waals surface area contributed by atoms with Crippen LogP contribution in [-0.4, -0.2) is 73.5 Å². The maximum absolute atomic E-state index is 9.51. The van der Waals surface area contributed by atoms with Crippen LogP contribution in [0.25, 0.3) is 53.9 Å². The van der Waals surface area contributed by atoms with E-state index in [0.717, 1.165) is 22.1 Å². The van der Waals surface area contributed by atoms with E-state index in [2.05, 4.69) is 59.7 Å². The highest BCUT2D eigenvalue weighted by Gasteiger charge is 2.10. The van der Waals surface area contributed by atoms with Crippen molar-refractivity contribution < 1.29 is 71.1 Å². The van der Waals surface area contributed by atoms with E-state index >= 15 is 0 Å². The zero-order valence-electron chi connectivity index (χ0n) is 64.5. The van der Waals surface area contributed by atoms with Gasteiger partial charge in [-0.15, -0.1) is 0 Å². The molecule has 0 atom stereocenters. The Morgan fingerprint density at radius 3 is 0.790 bits per heavy atom. The maximum Gasteiger partial charge on any atom is 0.160 e. The molecule has 0 spiro atoms. The summed E-state index contributed by atoms with van der Waals surface area (Å²) >= 11 is 0. The van der Waals surface area contributed by atoms with Crippen LogP contribution in [0.4, 0.5) is 0 Å². The van der Waals surface area contributed by atoms with Crippen molar-refractivity contribution in [2.24, 2.45) is 0 Å². The summed E-state index contributed by atoms with van der Waals surface area (Å²) in [5.41, 5.74) is 6.61. The molecular formula is C91H112O14. The summed E-state index contributed by atoms with van der Waals surface area (Å²) < 4.78 is 4.99. The number of methoxy groups -OCH3 is 1. The molecule has 0 saturated heterocycles. The topological polar surface area (TPSA) is 272 Å². The van der Waals surface area contributed by atoms with Crippen LogP contribution in [-0.2, 0) is 0 Å². The number of hydrogen-bond acceptors (Lipinski definition) is 14. The summed E-state index contributed by atoms with van der Waals surface area (Å²) in [6.07, 6.45) is 0. The minimum atomic E-state index is 0.104. The fraction of sp³-hybridized carbons (Fsp3) is 0.253. The lowest BCUT2D eigenvalue weighted by Gasteiger charge is -2.10. The first-order valence-corrected chi connectivity index (χ1v) is 35.6. The molecule has 13 rings (SSSR count). The average molecular weight is 1430 g/mol. The molecule has 0 fully saturated rings. The highest BCUT2D eigenvalue weighted by Crippen LogP contribution is 2.36. The van der Waals surface area contributed by atoms with Gasteiger partial charge in [0, 0.05) is 49.2 Å². The summed E-state index contributed by atoms with van der Waals surface area (Å²) in [5.74, 6) is 5.17. The van der Waals surface area contributed by atoms with Gasteiger partial charge in [0.05, 0.1) is 7.11 Å². The van der Waals surface area contributed by atoms with Crippen molar-refractivity contribution in [3.05, 3.63) is 264 Å². The van der Waals surface area contributed by atoms with E-state index < -0.39 is 0 Å². The molecule has 0 saturated carbocycles. The van der Waals surface area contributed by atoms with Crippen molar-refractivity contribution >= 4 is 53.9 Å². The van der Waals surface area contributed by atoms with Gasteiger partial charge in [-0.25, -0.2) is 0 Å². The third-order valence-corrected chi connectivity index (χ3v) is 15.7. The molecule has 0 radical (unpaired) electrons. The Kier molecular flexibility index (Phi) is 39.2. The Hall–Kier alpha value is -11.6. The third kappa shape index (κ3) is 27.2. The summed E-state index contributed by atoms with van der Waals surface area (Å²) in [5, 5.41) is 129. The van der Waals surface area contributed by atoms with Crippen molar-refractivity contribution in [3.63, 3.8) is 0 Å². The number of aryl methyl sites for hydroxylation is 2. The van der Waals surface area contributed by atoms with Gasteiger partial charge in [0.25, 0.3) is 0 Å². The number of phenols is 13. The van der Waals surface area contributed by atoms with Gasteiger partial charge in [-0.3, -0.25) is 0 Å². The van der Waals surface area contributed by atoms with Gasteiger partial charge in [0.15, 0.2) is 11.5 Å². The fourth-order valence-electron chi connectivity index (χ4n) is 10.1.